The molecule has 7 heteroatoms. The summed E-state index contributed by atoms with van der Waals surface area (Å²) in [6.07, 6.45) is 5.71. The van der Waals surface area contributed by atoms with Crippen LogP contribution in [0.4, 0.5) is 18.9 Å². The fourth-order valence-corrected chi connectivity index (χ4v) is 7.99. The standard InChI is InChI=1S/C27H33F3N2O2/c1-25-13-4-5-20(25)18-10-11-22-26(2,21(18)12-14-25)15-19(24(34)32(22)3)23(33)31-17-8-6-16(7-9-17)27(28,29)30/h6-9,15,18,20-22H,4-5,10-14H2,1-3H3,(H,31,33)/t18-,20-,21+,22?,25-,26+/m0/s1. The molecular formula is C27H33F3N2O2. The van der Waals surface area contributed by atoms with Gasteiger partial charge in [0.2, 0.25) is 0 Å². The van der Waals surface area contributed by atoms with Crippen LogP contribution in [0.25, 0.3) is 0 Å². The number of carbonyl (C=O) groups is 2. The zero-order chi connectivity index (χ0) is 24.5. The summed E-state index contributed by atoms with van der Waals surface area (Å²) in [4.78, 5) is 28.1. The van der Waals surface area contributed by atoms with E-state index in [9.17, 15) is 22.8 Å². The van der Waals surface area contributed by atoms with E-state index in [0.29, 0.717) is 23.2 Å². The first kappa shape index (κ1) is 23.4. The molecule has 0 bridgehead atoms. The van der Waals surface area contributed by atoms with E-state index >= 15 is 0 Å². The van der Waals surface area contributed by atoms with Crippen molar-refractivity contribution in [2.45, 2.75) is 71.0 Å². The lowest BCUT2D eigenvalue weighted by molar-refractivity contribution is -0.141. The lowest BCUT2D eigenvalue weighted by atomic mass is 9.48. The Morgan fingerprint density at radius 3 is 2.41 bits per heavy atom. The summed E-state index contributed by atoms with van der Waals surface area (Å²) in [6.45, 7) is 4.66. The third kappa shape index (κ3) is 3.57. The molecule has 0 saturated heterocycles. The zero-order valence-corrected chi connectivity index (χ0v) is 20.0. The summed E-state index contributed by atoms with van der Waals surface area (Å²) in [5.74, 6) is 0.878. The van der Waals surface area contributed by atoms with E-state index in [1.807, 2.05) is 6.08 Å². The lowest BCUT2D eigenvalue weighted by Crippen LogP contribution is -2.60. The Balaban J connectivity index is 1.43. The van der Waals surface area contributed by atoms with Crippen molar-refractivity contribution in [3.05, 3.63) is 41.5 Å². The number of anilines is 1. The average Bonchev–Trinajstić information content (AvgIpc) is 3.18. The SMILES string of the molecule is CN1C(=O)C(C(=O)Nc2ccc(C(F)(F)F)cc2)=C[C@@]2(C)C1CC[C@@H]1[C@H]2CC[C@]2(C)CCC[C@@H]12. The first-order valence-corrected chi connectivity index (χ1v) is 12.4. The molecule has 0 spiro atoms. The molecule has 2 amide bonds. The maximum Gasteiger partial charge on any atom is 0.416 e. The van der Waals surface area contributed by atoms with E-state index in [0.717, 1.165) is 31.4 Å². The predicted molar refractivity (Wildman–Crippen MR) is 124 cm³/mol. The van der Waals surface area contributed by atoms with E-state index in [1.54, 1.807) is 11.9 Å². The van der Waals surface area contributed by atoms with Gasteiger partial charge in [-0.05, 0) is 86.0 Å². The third-order valence-corrected chi connectivity index (χ3v) is 9.70. The lowest BCUT2D eigenvalue weighted by Gasteiger charge is -2.60. The number of rotatable bonds is 2. The van der Waals surface area contributed by atoms with Gasteiger partial charge in [-0.25, -0.2) is 0 Å². The number of amides is 2. The van der Waals surface area contributed by atoms with Gasteiger partial charge in [-0.3, -0.25) is 9.59 Å². The maximum atomic E-state index is 13.2. The predicted octanol–water partition coefficient (Wildman–Crippen LogP) is 6.04. The van der Waals surface area contributed by atoms with Crippen LogP contribution in [0.5, 0.6) is 0 Å². The molecule has 1 N–H and O–H groups in total. The van der Waals surface area contributed by atoms with Gasteiger partial charge < -0.3 is 10.2 Å². The Kier molecular flexibility index (Phi) is 5.41. The highest BCUT2D eigenvalue weighted by Crippen LogP contribution is 2.64. The monoisotopic (exact) mass is 474 g/mol. The molecule has 3 aliphatic carbocycles. The van der Waals surface area contributed by atoms with Gasteiger partial charge in [0, 0.05) is 24.2 Å². The van der Waals surface area contributed by atoms with Crippen LogP contribution in [0.1, 0.15) is 64.4 Å². The minimum atomic E-state index is -4.44. The first-order chi connectivity index (χ1) is 15.9. The quantitative estimate of drug-likeness (QED) is 0.531. The average molecular weight is 475 g/mol. The number of benzene rings is 1. The van der Waals surface area contributed by atoms with Crippen molar-refractivity contribution >= 4 is 17.5 Å². The Morgan fingerprint density at radius 2 is 1.74 bits per heavy atom. The van der Waals surface area contributed by atoms with E-state index in [1.165, 1.54) is 37.8 Å². The van der Waals surface area contributed by atoms with Crippen LogP contribution in [-0.4, -0.2) is 29.8 Å². The molecule has 4 aliphatic rings. The van der Waals surface area contributed by atoms with Crippen LogP contribution in [0, 0.1) is 28.6 Å². The molecule has 3 fully saturated rings. The van der Waals surface area contributed by atoms with Crippen LogP contribution < -0.4 is 5.32 Å². The second kappa shape index (κ2) is 7.85. The van der Waals surface area contributed by atoms with Gasteiger partial charge in [0.05, 0.1) is 5.56 Å². The summed E-state index contributed by atoms with van der Waals surface area (Å²) in [7, 11) is 1.78. The number of likely N-dealkylation sites (N-methyl/N-ethyl adjacent to an activating group) is 1. The highest BCUT2D eigenvalue weighted by atomic mass is 19.4. The van der Waals surface area contributed by atoms with Gasteiger partial charge in [-0.15, -0.1) is 0 Å². The van der Waals surface area contributed by atoms with E-state index in [-0.39, 0.29) is 28.6 Å². The fourth-order valence-electron chi connectivity index (χ4n) is 7.99. The molecule has 34 heavy (non-hydrogen) atoms. The van der Waals surface area contributed by atoms with Gasteiger partial charge in [0.25, 0.3) is 11.8 Å². The Bertz CT molecular complexity index is 1030. The van der Waals surface area contributed by atoms with Gasteiger partial charge in [-0.2, -0.15) is 13.2 Å². The number of halogens is 3. The third-order valence-electron chi connectivity index (χ3n) is 9.70. The number of hydrogen-bond donors (Lipinski definition) is 1. The molecule has 1 aliphatic heterocycles. The molecule has 1 heterocycles. The molecule has 0 radical (unpaired) electrons. The molecule has 0 aromatic heterocycles. The zero-order valence-electron chi connectivity index (χ0n) is 20.0. The molecule has 1 aromatic carbocycles. The number of hydrogen-bond acceptors (Lipinski definition) is 2. The van der Waals surface area contributed by atoms with E-state index < -0.39 is 17.6 Å². The van der Waals surface area contributed by atoms with Crippen LogP contribution >= 0.6 is 0 Å². The van der Waals surface area contributed by atoms with Crippen molar-refractivity contribution in [3.8, 4) is 0 Å². The number of alkyl halides is 3. The smallest absolute Gasteiger partial charge is 0.338 e. The topological polar surface area (TPSA) is 49.4 Å². The number of carbonyl (C=O) groups excluding carboxylic acids is 2. The molecule has 5 rings (SSSR count). The van der Waals surface area contributed by atoms with Gasteiger partial charge >= 0.3 is 6.18 Å². The van der Waals surface area contributed by atoms with Crippen molar-refractivity contribution < 1.29 is 22.8 Å². The van der Waals surface area contributed by atoms with Crippen molar-refractivity contribution in [1.82, 2.24) is 4.90 Å². The first-order valence-electron chi connectivity index (χ1n) is 12.4. The second-order valence-corrected chi connectivity index (χ2v) is 11.4. The van der Waals surface area contributed by atoms with Crippen molar-refractivity contribution in [2.75, 3.05) is 12.4 Å². The fraction of sp³-hybridized carbons (Fsp3) is 0.630. The van der Waals surface area contributed by atoms with Crippen LogP contribution in [0.15, 0.2) is 35.9 Å². The summed E-state index contributed by atoms with van der Waals surface area (Å²) in [5, 5.41) is 2.65. The molecule has 4 nitrogen and oxygen atoms in total. The Labute approximate surface area is 199 Å². The molecule has 1 unspecified atom stereocenters. The summed E-state index contributed by atoms with van der Waals surface area (Å²) >= 11 is 0. The summed E-state index contributed by atoms with van der Waals surface area (Å²) in [6, 6.07) is 4.38. The summed E-state index contributed by atoms with van der Waals surface area (Å²) < 4.78 is 38.6. The molecule has 6 atom stereocenters. The van der Waals surface area contributed by atoms with Crippen LogP contribution in [-0.2, 0) is 15.8 Å². The van der Waals surface area contributed by atoms with Crippen molar-refractivity contribution in [3.63, 3.8) is 0 Å². The Morgan fingerprint density at radius 1 is 1.03 bits per heavy atom. The minimum absolute atomic E-state index is 0.0645. The van der Waals surface area contributed by atoms with Crippen LogP contribution in [0.2, 0.25) is 0 Å². The molecule has 3 saturated carbocycles. The molecule has 1 aromatic rings. The highest BCUT2D eigenvalue weighted by molar-refractivity contribution is 6.23. The number of nitrogens with one attached hydrogen (secondary N) is 1. The van der Waals surface area contributed by atoms with E-state index in [4.69, 9.17) is 0 Å². The van der Waals surface area contributed by atoms with Gasteiger partial charge in [0.1, 0.15) is 5.57 Å². The molecular weight excluding hydrogens is 441 g/mol. The number of nitrogens with zero attached hydrogens (tertiary/aromatic N) is 1. The maximum absolute atomic E-state index is 13.2. The Hall–Kier alpha value is -2.31. The minimum Gasteiger partial charge on any atom is -0.338 e. The molecule has 184 valence electrons. The van der Waals surface area contributed by atoms with Crippen molar-refractivity contribution in [2.24, 2.45) is 28.6 Å². The largest absolute Gasteiger partial charge is 0.416 e. The van der Waals surface area contributed by atoms with Gasteiger partial charge in [-0.1, -0.05) is 26.3 Å². The highest BCUT2D eigenvalue weighted by Gasteiger charge is 2.59. The second-order valence-electron chi connectivity index (χ2n) is 11.4. The van der Waals surface area contributed by atoms with E-state index in [2.05, 4.69) is 19.2 Å². The summed E-state index contributed by atoms with van der Waals surface area (Å²) in [5.41, 5.74) is -0.308. The number of fused-ring (bicyclic) bond motifs is 5. The van der Waals surface area contributed by atoms with Gasteiger partial charge in [0.15, 0.2) is 0 Å². The normalized spacial score (nSPS) is 37.4. The van der Waals surface area contributed by atoms with Crippen molar-refractivity contribution in [1.29, 1.82) is 0 Å². The van der Waals surface area contributed by atoms with Crippen LogP contribution in [0.3, 0.4) is 0 Å².